The summed E-state index contributed by atoms with van der Waals surface area (Å²) in [5.41, 5.74) is 0.819. The van der Waals surface area contributed by atoms with E-state index in [1.54, 1.807) is 22.5 Å². The van der Waals surface area contributed by atoms with Gasteiger partial charge < -0.3 is 9.64 Å². The molecule has 6 nitrogen and oxygen atoms in total. The number of sulfonamides is 1. The normalized spacial score (nSPS) is 28.8. The average Bonchev–Trinajstić information content (AvgIpc) is 3.04. The summed E-state index contributed by atoms with van der Waals surface area (Å²) in [5.74, 6) is 1.57. The van der Waals surface area contributed by atoms with Crippen LogP contribution in [-0.4, -0.2) is 55.8 Å². The van der Waals surface area contributed by atoms with Crippen LogP contribution in [0.5, 0.6) is 5.75 Å². The maximum Gasteiger partial charge on any atom is 0.264 e. The molecule has 3 atom stereocenters. The molecule has 0 saturated carbocycles. The van der Waals surface area contributed by atoms with E-state index in [9.17, 15) is 13.2 Å². The van der Waals surface area contributed by atoms with Crippen molar-refractivity contribution in [1.82, 2.24) is 9.21 Å². The molecule has 3 aliphatic heterocycles. The monoisotopic (exact) mass is 420 g/mol. The number of hydrogen-bond donors (Lipinski definition) is 0. The van der Waals surface area contributed by atoms with E-state index in [1.165, 1.54) is 0 Å². The van der Waals surface area contributed by atoms with Crippen LogP contribution in [0.4, 0.5) is 0 Å². The zero-order chi connectivity index (χ0) is 20.8. The lowest BCUT2D eigenvalue weighted by molar-refractivity contribution is -0.140. The molecule has 3 heterocycles. The number of piperidine rings is 2. The molecule has 1 aromatic carbocycles. The lowest BCUT2D eigenvalue weighted by Gasteiger charge is -2.33. The van der Waals surface area contributed by atoms with Gasteiger partial charge in [0.2, 0.25) is 10.0 Å². The van der Waals surface area contributed by atoms with Crippen LogP contribution < -0.4 is 4.74 Å². The minimum atomic E-state index is -3.51. The molecule has 0 radical (unpaired) electrons. The van der Waals surface area contributed by atoms with Gasteiger partial charge in [-0.15, -0.1) is 0 Å². The highest BCUT2D eigenvalue weighted by Crippen LogP contribution is 2.40. The highest BCUT2D eigenvalue weighted by atomic mass is 32.2. The summed E-state index contributed by atoms with van der Waals surface area (Å²) < 4.78 is 33.8. The maximum atomic E-state index is 13.1. The number of fused-ring (bicyclic) bond motifs is 1. The Bertz CT molecular complexity index is 877. The number of benzene rings is 1. The fourth-order valence-electron chi connectivity index (χ4n) is 4.76. The number of rotatable bonds is 3. The average molecular weight is 421 g/mol. The van der Waals surface area contributed by atoms with Gasteiger partial charge in [0.15, 0.2) is 6.10 Å². The third-order valence-corrected chi connectivity index (χ3v) is 8.67. The van der Waals surface area contributed by atoms with Gasteiger partial charge in [-0.05, 0) is 55.7 Å². The van der Waals surface area contributed by atoms with Crippen LogP contribution in [0.1, 0.15) is 57.9 Å². The van der Waals surface area contributed by atoms with Crippen molar-refractivity contribution < 1.29 is 17.9 Å². The van der Waals surface area contributed by atoms with Gasteiger partial charge in [-0.2, -0.15) is 4.31 Å². The maximum absolute atomic E-state index is 13.1. The molecule has 1 aromatic rings. The van der Waals surface area contributed by atoms with Crippen molar-refractivity contribution in [3.05, 3.63) is 23.8 Å². The van der Waals surface area contributed by atoms with Crippen LogP contribution >= 0.6 is 0 Å². The Hall–Kier alpha value is -1.60. The molecule has 0 aliphatic carbocycles. The number of likely N-dealkylation sites (tertiary alicyclic amines) is 1. The van der Waals surface area contributed by atoms with E-state index >= 15 is 0 Å². The summed E-state index contributed by atoms with van der Waals surface area (Å²) in [7, 11) is -3.51. The molecule has 29 heavy (non-hydrogen) atoms. The third kappa shape index (κ3) is 3.91. The SMILES string of the molecule is CC1CCN(S(=O)(=O)c2ccc3c(c2)C(C)C(C(=O)N2CCCC(C)C2)O3)CC1. The third-order valence-electron chi connectivity index (χ3n) is 6.77. The quantitative estimate of drug-likeness (QED) is 0.753. The Morgan fingerprint density at radius 1 is 1.03 bits per heavy atom. The first-order valence-electron chi connectivity index (χ1n) is 10.9. The second-order valence-electron chi connectivity index (χ2n) is 9.15. The van der Waals surface area contributed by atoms with Gasteiger partial charge in [0.25, 0.3) is 5.91 Å². The lowest BCUT2D eigenvalue weighted by Crippen LogP contribution is -2.46. The number of carbonyl (C=O) groups is 1. The van der Waals surface area contributed by atoms with Crippen molar-refractivity contribution in [2.24, 2.45) is 11.8 Å². The van der Waals surface area contributed by atoms with Crippen LogP contribution in [0, 0.1) is 11.8 Å². The van der Waals surface area contributed by atoms with Gasteiger partial charge in [0, 0.05) is 37.7 Å². The molecule has 3 aliphatic rings. The second-order valence-corrected chi connectivity index (χ2v) is 11.1. The van der Waals surface area contributed by atoms with E-state index in [2.05, 4.69) is 13.8 Å². The molecule has 3 unspecified atom stereocenters. The van der Waals surface area contributed by atoms with Gasteiger partial charge in [-0.3, -0.25) is 4.79 Å². The molecule has 2 saturated heterocycles. The Kier molecular flexibility index (Phi) is 5.64. The summed E-state index contributed by atoms with van der Waals surface area (Å²) in [6.07, 6.45) is 3.41. The molecule has 0 N–H and O–H groups in total. The van der Waals surface area contributed by atoms with E-state index < -0.39 is 16.1 Å². The van der Waals surface area contributed by atoms with E-state index in [1.807, 2.05) is 11.8 Å². The highest BCUT2D eigenvalue weighted by molar-refractivity contribution is 7.89. The Balaban J connectivity index is 1.53. The largest absolute Gasteiger partial charge is 0.480 e. The summed E-state index contributed by atoms with van der Waals surface area (Å²) in [6, 6.07) is 5.06. The number of carbonyl (C=O) groups excluding carboxylic acids is 1. The predicted octanol–water partition coefficient (Wildman–Crippen LogP) is 3.23. The predicted molar refractivity (Wildman–Crippen MR) is 111 cm³/mol. The van der Waals surface area contributed by atoms with Gasteiger partial charge in [0.05, 0.1) is 4.90 Å². The molecule has 4 rings (SSSR count). The van der Waals surface area contributed by atoms with Crippen molar-refractivity contribution in [3.63, 3.8) is 0 Å². The summed E-state index contributed by atoms with van der Waals surface area (Å²) in [5, 5.41) is 0. The minimum Gasteiger partial charge on any atom is -0.480 e. The van der Waals surface area contributed by atoms with E-state index in [0.717, 1.165) is 44.3 Å². The molecule has 0 spiro atoms. The zero-order valence-corrected chi connectivity index (χ0v) is 18.5. The van der Waals surface area contributed by atoms with Crippen LogP contribution in [0.25, 0.3) is 0 Å². The van der Waals surface area contributed by atoms with Crippen molar-refractivity contribution in [2.75, 3.05) is 26.2 Å². The molecule has 0 aromatic heterocycles. The van der Waals surface area contributed by atoms with E-state index in [-0.39, 0.29) is 11.8 Å². The summed E-state index contributed by atoms with van der Waals surface area (Å²) >= 11 is 0. The first kappa shape index (κ1) is 20.7. The summed E-state index contributed by atoms with van der Waals surface area (Å²) in [4.78, 5) is 15.3. The van der Waals surface area contributed by atoms with E-state index in [4.69, 9.17) is 4.74 Å². The van der Waals surface area contributed by atoms with Crippen molar-refractivity contribution in [2.45, 2.75) is 63.4 Å². The number of ether oxygens (including phenoxy) is 1. The zero-order valence-electron chi connectivity index (χ0n) is 17.6. The van der Waals surface area contributed by atoms with Crippen LogP contribution in [0.15, 0.2) is 23.1 Å². The fourth-order valence-corrected chi connectivity index (χ4v) is 6.27. The second kappa shape index (κ2) is 7.91. The number of hydrogen-bond acceptors (Lipinski definition) is 4. The molecular formula is C22H32N2O4S. The van der Waals surface area contributed by atoms with Crippen molar-refractivity contribution in [3.8, 4) is 5.75 Å². The van der Waals surface area contributed by atoms with Gasteiger partial charge in [0.1, 0.15) is 5.75 Å². The number of amides is 1. The van der Waals surface area contributed by atoms with E-state index in [0.29, 0.717) is 35.6 Å². The summed E-state index contributed by atoms with van der Waals surface area (Å²) in [6.45, 7) is 8.99. The first-order chi connectivity index (χ1) is 13.8. The number of nitrogens with zero attached hydrogens (tertiary/aromatic N) is 2. The van der Waals surface area contributed by atoms with Crippen molar-refractivity contribution in [1.29, 1.82) is 0 Å². The van der Waals surface area contributed by atoms with Gasteiger partial charge in [-0.25, -0.2) is 8.42 Å². The van der Waals surface area contributed by atoms with Crippen LogP contribution in [0.3, 0.4) is 0 Å². The van der Waals surface area contributed by atoms with Gasteiger partial charge in [-0.1, -0.05) is 20.8 Å². The molecular weight excluding hydrogens is 388 g/mol. The standard InChI is InChI=1S/C22H32N2O4S/c1-15-8-11-24(12-9-15)29(26,27)18-6-7-20-19(13-18)17(3)21(28-20)22(25)23-10-4-5-16(2)14-23/h6-7,13,15-17,21H,4-5,8-12,14H2,1-3H3. The highest BCUT2D eigenvalue weighted by Gasteiger charge is 2.40. The Morgan fingerprint density at radius 3 is 2.45 bits per heavy atom. The van der Waals surface area contributed by atoms with Crippen LogP contribution in [0.2, 0.25) is 0 Å². The lowest BCUT2D eigenvalue weighted by atomic mass is 9.95. The minimum absolute atomic E-state index is 0.0228. The molecule has 7 heteroatoms. The topological polar surface area (TPSA) is 66.9 Å². The smallest absolute Gasteiger partial charge is 0.264 e. The molecule has 2 fully saturated rings. The van der Waals surface area contributed by atoms with Crippen LogP contribution in [-0.2, 0) is 14.8 Å². The van der Waals surface area contributed by atoms with Gasteiger partial charge >= 0.3 is 0 Å². The Labute approximate surface area is 174 Å². The van der Waals surface area contributed by atoms with Crippen molar-refractivity contribution >= 4 is 15.9 Å². The Morgan fingerprint density at radius 2 is 1.76 bits per heavy atom. The molecule has 0 bridgehead atoms. The fraction of sp³-hybridized carbons (Fsp3) is 0.682. The molecule has 1 amide bonds. The molecule has 160 valence electrons. The first-order valence-corrected chi connectivity index (χ1v) is 12.3.